The number of nitrogens with zero attached hydrogens (tertiary/aromatic N) is 4. The van der Waals surface area contributed by atoms with Crippen LogP contribution in [0, 0.1) is 12.7 Å². The molecule has 154 valence electrons. The Balaban J connectivity index is 1.39. The molecule has 2 heterocycles. The van der Waals surface area contributed by atoms with Crippen LogP contribution in [0.2, 0.25) is 0 Å². The number of aryl methyl sites for hydroxylation is 1. The van der Waals surface area contributed by atoms with Crippen molar-refractivity contribution in [3.63, 3.8) is 0 Å². The van der Waals surface area contributed by atoms with E-state index in [-0.39, 0.29) is 17.8 Å². The van der Waals surface area contributed by atoms with Gasteiger partial charge in [-0.25, -0.2) is 14.4 Å². The summed E-state index contributed by atoms with van der Waals surface area (Å²) in [4.78, 5) is 26.8. The quantitative estimate of drug-likeness (QED) is 0.648. The zero-order valence-corrected chi connectivity index (χ0v) is 16.6. The minimum Gasteiger partial charge on any atom is -0.487 e. The van der Waals surface area contributed by atoms with Gasteiger partial charge >= 0.3 is 0 Å². The predicted octanol–water partition coefficient (Wildman–Crippen LogP) is 2.69. The van der Waals surface area contributed by atoms with Crippen LogP contribution in [0.4, 0.5) is 22.0 Å². The normalized spacial score (nSPS) is 13.5. The second-order valence-electron chi connectivity index (χ2n) is 6.94. The third-order valence-electron chi connectivity index (χ3n) is 4.77. The molecule has 0 atom stereocenters. The van der Waals surface area contributed by atoms with Crippen molar-refractivity contribution in [2.24, 2.45) is 0 Å². The van der Waals surface area contributed by atoms with Crippen molar-refractivity contribution in [3.05, 3.63) is 65.7 Å². The van der Waals surface area contributed by atoms with E-state index in [1.54, 1.807) is 25.2 Å². The number of hydrogen-bond donors (Lipinski definition) is 2. The number of benzene rings is 2. The molecule has 0 saturated carbocycles. The highest BCUT2D eigenvalue weighted by Crippen LogP contribution is 2.23. The van der Waals surface area contributed by atoms with Crippen molar-refractivity contribution in [2.75, 3.05) is 30.4 Å². The molecule has 0 spiro atoms. The molecule has 0 bridgehead atoms. The molecule has 1 saturated heterocycles. The summed E-state index contributed by atoms with van der Waals surface area (Å²) in [5.41, 5.74) is 2.17. The SMILES string of the molecule is CNC(=O)c1cc(Nc2ncnc(N3CC(Oc4ccc(F)cc4)C3)n2)ccc1C. The third-order valence-corrected chi connectivity index (χ3v) is 4.77. The van der Waals surface area contributed by atoms with Crippen molar-refractivity contribution in [3.8, 4) is 5.75 Å². The number of anilines is 3. The van der Waals surface area contributed by atoms with E-state index >= 15 is 0 Å². The van der Waals surface area contributed by atoms with E-state index < -0.39 is 0 Å². The summed E-state index contributed by atoms with van der Waals surface area (Å²) in [6, 6.07) is 11.4. The van der Waals surface area contributed by atoms with Gasteiger partial charge < -0.3 is 20.3 Å². The van der Waals surface area contributed by atoms with E-state index in [2.05, 4.69) is 25.6 Å². The lowest BCUT2D eigenvalue weighted by Crippen LogP contribution is -2.54. The van der Waals surface area contributed by atoms with E-state index in [1.165, 1.54) is 18.5 Å². The summed E-state index contributed by atoms with van der Waals surface area (Å²) in [7, 11) is 1.60. The van der Waals surface area contributed by atoms with Crippen LogP contribution in [0.15, 0.2) is 48.8 Å². The Labute approximate surface area is 173 Å². The summed E-state index contributed by atoms with van der Waals surface area (Å²) < 4.78 is 18.8. The Morgan fingerprint density at radius 3 is 2.67 bits per heavy atom. The molecule has 30 heavy (non-hydrogen) atoms. The van der Waals surface area contributed by atoms with Crippen molar-refractivity contribution in [1.82, 2.24) is 20.3 Å². The maximum atomic E-state index is 13.0. The second-order valence-corrected chi connectivity index (χ2v) is 6.94. The van der Waals surface area contributed by atoms with Crippen LogP contribution in [0.1, 0.15) is 15.9 Å². The van der Waals surface area contributed by atoms with Crippen LogP contribution < -0.4 is 20.3 Å². The highest BCUT2D eigenvalue weighted by atomic mass is 19.1. The van der Waals surface area contributed by atoms with Gasteiger partial charge in [-0.05, 0) is 48.9 Å². The predicted molar refractivity (Wildman–Crippen MR) is 111 cm³/mol. The Morgan fingerprint density at radius 2 is 1.93 bits per heavy atom. The lowest BCUT2D eigenvalue weighted by molar-refractivity contribution is 0.0962. The average molecular weight is 408 g/mol. The first-order valence-electron chi connectivity index (χ1n) is 9.48. The van der Waals surface area contributed by atoms with Gasteiger partial charge in [0.05, 0.1) is 13.1 Å². The first-order chi connectivity index (χ1) is 14.5. The van der Waals surface area contributed by atoms with Crippen molar-refractivity contribution < 1.29 is 13.9 Å². The first-order valence-corrected chi connectivity index (χ1v) is 9.48. The highest BCUT2D eigenvalue weighted by Gasteiger charge is 2.30. The van der Waals surface area contributed by atoms with E-state index in [0.29, 0.717) is 42.0 Å². The van der Waals surface area contributed by atoms with Gasteiger partial charge in [-0.15, -0.1) is 0 Å². The standard InChI is InChI=1S/C21H21FN6O2/c1-13-3-6-15(9-18(13)19(29)23-2)26-20-24-12-25-21(27-20)28-10-17(11-28)30-16-7-4-14(22)5-8-16/h3-9,12,17H,10-11H2,1-2H3,(H,23,29)(H,24,25,26,27). The highest BCUT2D eigenvalue weighted by molar-refractivity contribution is 5.96. The molecular formula is C21H21FN6O2. The number of carbonyl (C=O) groups is 1. The molecule has 2 aromatic carbocycles. The van der Waals surface area contributed by atoms with Crippen molar-refractivity contribution >= 4 is 23.5 Å². The van der Waals surface area contributed by atoms with Crippen LogP contribution in [0.25, 0.3) is 0 Å². The maximum absolute atomic E-state index is 13.0. The third kappa shape index (κ3) is 4.29. The van der Waals surface area contributed by atoms with E-state index in [1.807, 2.05) is 24.0 Å². The maximum Gasteiger partial charge on any atom is 0.251 e. The molecule has 1 aromatic heterocycles. The van der Waals surface area contributed by atoms with Crippen LogP contribution in [-0.2, 0) is 0 Å². The molecule has 1 fully saturated rings. The van der Waals surface area contributed by atoms with Gasteiger partial charge in [0.15, 0.2) is 0 Å². The Bertz CT molecular complexity index is 1050. The number of amides is 1. The largest absolute Gasteiger partial charge is 0.487 e. The Kier molecular flexibility index (Phi) is 5.42. The first kappa shape index (κ1) is 19.6. The van der Waals surface area contributed by atoms with Crippen molar-refractivity contribution in [1.29, 1.82) is 0 Å². The van der Waals surface area contributed by atoms with Gasteiger partial charge in [-0.3, -0.25) is 4.79 Å². The zero-order valence-electron chi connectivity index (χ0n) is 16.6. The van der Waals surface area contributed by atoms with Gasteiger partial charge in [0.2, 0.25) is 11.9 Å². The summed E-state index contributed by atoms with van der Waals surface area (Å²) in [5.74, 6) is 1.10. The number of carbonyl (C=O) groups excluding carboxylic acids is 1. The molecule has 8 nitrogen and oxygen atoms in total. The fourth-order valence-corrected chi connectivity index (χ4v) is 3.09. The van der Waals surface area contributed by atoms with Crippen LogP contribution in [0.5, 0.6) is 5.75 Å². The van der Waals surface area contributed by atoms with Crippen LogP contribution in [-0.4, -0.2) is 47.1 Å². The van der Waals surface area contributed by atoms with Gasteiger partial charge in [-0.1, -0.05) is 6.07 Å². The summed E-state index contributed by atoms with van der Waals surface area (Å²) in [5, 5.41) is 5.75. The number of ether oxygens (including phenoxy) is 1. The minimum atomic E-state index is -0.293. The molecule has 3 aromatic rings. The number of hydrogen-bond acceptors (Lipinski definition) is 7. The molecule has 4 rings (SSSR count). The van der Waals surface area contributed by atoms with E-state index in [9.17, 15) is 9.18 Å². The number of aromatic nitrogens is 3. The Hall–Kier alpha value is -3.75. The molecular weight excluding hydrogens is 387 g/mol. The summed E-state index contributed by atoms with van der Waals surface area (Å²) >= 11 is 0. The van der Waals surface area contributed by atoms with E-state index in [4.69, 9.17) is 4.74 Å². The van der Waals surface area contributed by atoms with Crippen LogP contribution >= 0.6 is 0 Å². The van der Waals surface area contributed by atoms with Gasteiger partial charge in [-0.2, -0.15) is 4.98 Å². The number of rotatable bonds is 6. The average Bonchev–Trinajstić information content (AvgIpc) is 2.72. The Morgan fingerprint density at radius 1 is 1.17 bits per heavy atom. The number of halogens is 1. The monoisotopic (exact) mass is 408 g/mol. The van der Waals surface area contributed by atoms with Gasteiger partial charge in [0, 0.05) is 18.3 Å². The molecule has 0 radical (unpaired) electrons. The summed E-state index contributed by atoms with van der Waals surface area (Å²) in [6.07, 6.45) is 1.42. The fourth-order valence-electron chi connectivity index (χ4n) is 3.09. The summed E-state index contributed by atoms with van der Waals surface area (Å²) in [6.45, 7) is 3.11. The lowest BCUT2D eigenvalue weighted by atomic mass is 10.1. The fraction of sp³-hybridized carbons (Fsp3) is 0.238. The molecule has 2 N–H and O–H groups in total. The topological polar surface area (TPSA) is 92.3 Å². The molecule has 1 amide bonds. The molecule has 9 heteroatoms. The molecule has 0 unspecified atom stereocenters. The molecule has 1 aliphatic heterocycles. The van der Waals surface area contributed by atoms with Gasteiger partial charge in [0.1, 0.15) is 24.0 Å². The van der Waals surface area contributed by atoms with Crippen molar-refractivity contribution in [2.45, 2.75) is 13.0 Å². The second kappa shape index (κ2) is 8.32. The molecule has 0 aliphatic carbocycles. The number of nitrogens with one attached hydrogen (secondary N) is 2. The van der Waals surface area contributed by atoms with E-state index in [0.717, 1.165) is 5.56 Å². The smallest absolute Gasteiger partial charge is 0.251 e. The minimum absolute atomic E-state index is 0.0177. The van der Waals surface area contributed by atoms with Crippen LogP contribution in [0.3, 0.4) is 0 Å². The zero-order chi connectivity index (χ0) is 21.1. The van der Waals surface area contributed by atoms with Gasteiger partial charge in [0.25, 0.3) is 5.91 Å². The molecule has 1 aliphatic rings. The lowest BCUT2D eigenvalue weighted by Gasteiger charge is -2.38.